The van der Waals surface area contributed by atoms with E-state index in [0.717, 1.165) is 27.4 Å². The molecule has 0 fully saturated rings. The Bertz CT molecular complexity index is 490. The summed E-state index contributed by atoms with van der Waals surface area (Å²) in [6.07, 6.45) is 3.10. The summed E-state index contributed by atoms with van der Waals surface area (Å²) in [7, 11) is 1.94. The van der Waals surface area contributed by atoms with Gasteiger partial charge in [-0.25, -0.2) is 4.98 Å². The fraction of sp³-hybridized carbons (Fsp3) is 0.200. The topological polar surface area (TPSA) is 34.9 Å². The molecule has 0 aliphatic rings. The SMILES string of the molecule is Cn1cnc2cc(Br)c(CC=O)cc21. The van der Waals surface area contributed by atoms with Crippen molar-refractivity contribution in [2.75, 3.05) is 0 Å². The van der Waals surface area contributed by atoms with Gasteiger partial charge in [0.15, 0.2) is 0 Å². The number of imidazole rings is 1. The van der Waals surface area contributed by atoms with E-state index in [9.17, 15) is 4.79 Å². The summed E-state index contributed by atoms with van der Waals surface area (Å²) in [6, 6.07) is 3.93. The van der Waals surface area contributed by atoms with E-state index in [0.29, 0.717) is 6.42 Å². The standard InChI is InChI=1S/C10H9BrN2O/c1-13-6-12-9-5-8(11)7(2-3-14)4-10(9)13/h3-6H,2H2,1H3. The minimum Gasteiger partial charge on any atom is -0.334 e. The van der Waals surface area contributed by atoms with Gasteiger partial charge in [0.25, 0.3) is 0 Å². The fourth-order valence-electron chi connectivity index (χ4n) is 1.44. The molecule has 0 aliphatic carbocycles. The molecule has 0 radical (unpaired) electrons. The van der Waals surface area contributed by atoms with Gasteiger partial charge in [-0.2, -0.15) is 0 Å². The molecule has 14 heavy (non-hydrogen) atoms. The maximum absolute atomic E-state index is 10.4. The molecule has 1 heterocycles. The lowest BCUT2D eigenvalue weighted by Gasteiger charge is -2.01. The molecule has 3 nitrogen and oxygen atoms in total. The van der Waals surface area contributed by atoms with Gasteiger partial charge in [0.05, 0.1) is 17.4 Å². The van der Waals surface area contributed by atoms with Crippen molar-refractivity contribution < 1.29 is 4.79 Å². The van der Waals surface area contributed by atoms with Gasteiger partial charge in [0.2, 0.25) is 0 Å². The maximum Gasteiger partial charge on any atom is 0.124 e. The van der Waals surface area contributed by atoms with Crippen LogP contribution >= 0.6 is 15.9 Å². The number of hydrogen-bond acceptors (Lipinski definition) is 2. The zero-order valence-corrected chi connectivity index (χ0v) is 9.28. The van der Waals surface area contributed by atoms with Gasteiger partial charge < -0.3 is 9.36 Å². The molecule has 1 aromatic heterocycles. The van der Waals surface area contributed by atoms with Crippen LogP contribution in [0.3, 0.4) is 0 Å². The second-order valence-electron chi connectivity index (χ2n) is 3.16. The summed E-state index contributed by atoms with van der Waals surface area (Å²) in [5.74, 6) is 0. The minimum absolute atomic E-state index is 0.432. The van der Waals surface area contributed by atoms with E-state index in [1.165, 1.54) is 0 Å². The number of aryl methyl sites for hydroxylation is 1. The zero-order chi connectivity index (χ0) is 10.1. The summed E-state index contributed by atoms with van der Waals surface area (Å²) < 4.78 is 2.88. The van der Waals surface area contributed by atoms with Gasteiger partial charge >= 0.3 is 0 Å². The third kappa shape index (κ3) is 1.46. The Morgan fingerprint density at radius 1 is 1.57 bits per heavy atom. The molecular weight excluding hydrogens is 244 g/mol. The van der Waals surface area contributed by atoms with E-state index in [1.807, 2.05) is 23.7 Å². The number of fused-ring (bicyclic) bond motifs is 1. The third-order valence-electron chi connectivity index (χ3n) is 2.20. The molecule has 0 saturated heterocycles. The van der Waals surface area contributed by atoms with Crippen molar-refractivity contribution in [3.63, 3.8) is 0 Å². The first-order valence-corrected chi connectivity index (χ1v) is 5.05. The Balaban J connectivity index is 2.67. The zero-order valence-electron chi connectivity index (χ0n) is 7.70. The number of benzene rings is 1. The molecule has 0 aliphatic heterocycles. The molecule has 0 saturated carbocycles. The highest BCUT2D eigenvalue weighted by Gasteiger charge is 2.05. The summed E-state index contributed by atoms with van der Waals surface area (Å²) in [4.78, 5) is 14.7. The predicted octanol–water partition coefficient (Wildman–Crippen LogP) is 2.08. The van der Waals surface area contributed by atoms with Crippen molar-refractivity contribution in [3.05, 3.63) is 28.5 Å². The maximum atomic E-state index is 10.4. The average molecular weight is 253 g/mol. The van der Waals surface area contributed by atoms with E-state index >= 15 is 0 Å². The molecule has 0 N–H and O–H groups in total. The molecule has 0 atom stereocenters. The Morgan fingerprint density at radius 2 is 2.36 bits per heavy atom. The quantitative estimate of drug-likeness (QED) is 0.768. The molecular formula is C10H9BrN2O. The number of halogens is 1. The predicted molar refractivity (Wildman–Crippen MR) is 58.2 cm³/mol. The van der Waals surface area contributed by atoms with Crippen LogP contribution in [0.2, 0.25) is 0 Å². The number of nitrogens with zero attached hydrogens (tertiary/aromatic N) is 2. The third-order valence-corrected chi connectivity index (χ3v) is 2.94. The van der Waals surface area contributed by atoms with Crippen LogP contribution in [0.5, 0.6) is 0 Å². The smallest absolute Gasteiger partial charge is 0.124 e. The fourth-order valence-corrected chi connectivity index (χ4v) is 1.93. The lowest BCUT2D eigenvalue weighted by Crippen LogP contribution is -1.90. The first kappa shape index (κ1) is 9.40. The van der Waals surface area contributed by atoms with Gasteiger partial charge in [-0.15, -0.1) is 0 Å². The summed E-state index contributed by atoms with van der Waals surface area (Å²) in [5.41, 5.74) is 2.98. The second kappa shape index (κ2) is 3.53. The van der Waals surface area contributed by atoms with Crippen LogP contribution in [0, 0.1) is 0 Å². The van der Waals surface area contributed by atoms with Gasteiger partial charge in [0.1, 0.15) is 6.29 Å². The lowest BCUT2D eigenvalue weighted by molar-refractivity contribution is -0.107. The summed E-state index contributed by atoms with van der Waals surface area (Å²) in [6.45, 7) is 0. The van der Waals surface area contributed by atoms with Gasteiger partial charge in [-0.3, -0.25) is 0 Å². The largest absolute Gasteiger partial charge is 0.334 e. The molecule has 2 rings (SSSR count). The molecule has 4 heteroatoms. The Labute approximate surface area is 89.9 Å². The molecule has 2 aromatic rings. The van der Waals surface area contributed by atoms with Gasteiger partial charge in [0, 0.05) is 17.9 Å². The van der Waals surface area contributed by atoms with E-state index in [2.05, 4.69) is 20.9 Å². The number of rotatable bonds is 2. The van der Waals surface area contributed by atoms with E-state index < -0.39 is 0 Å². The van der Waals surface area contributed by atoms with Crippen molar-refractivity contribution in [2.45, 2.75) is 6.42 Å². The Hall–Kier alpha value is -1.16. The number of aromatic nitrogens is 2. The van der Waals surface area contributed by atoms with Gasteiger partial charge in [-0.05, 0) is 17.7 Å². The van der Waals surface area contributed by atoms with Crippen LogP contribution in [0.1, 0.15) is 5.56 Å². The summed E-state index contributed by atoms with van der Waals surface area (Å²) >= 11 is 3.42. The average Bonchev–Trinajstić information content (AvgIpc) is 2.49. The van der Waals surface area contributed by atoms with Crippen LogP contribution in [-0.4, -0.2) is 15.8 Å². The number of carbonyl (C=O) groups is 1. The number of carbonyl (C=O) groups excluding carboxylic acids is 1. The first-order valence-electron chi connectivity index (χ1n) is 4.25. The first-order chi connectivity index (χ1) is 6.72. The highest BCUT2D eigenvalue weighted by atomic mass is 79.9. The Kier molecular flexibility index (Phi) is 2.37. The highest BCUT2D eigenvalue weighted by molar-refractivity contribution is 9.10. The minimum atomic E-state index is 0.432. The normalized spacial score (nSPS) is 10.7. The molecule has 0 unspecified atom stereocenters. The molecule has 1 aromatic carbocycles. The van der Waals surface area contributed by atoms with E-state index in [4.69, 9.17) is 0 Å². The summed E-state index contributed by atoms with van der Waals surface area (Å²) in [5, 5.41) is 0. The van der Waals surface area contributed by atoms with E-state index in [1.54, 1.807) is 6.33 Å². The van der Waals surface area contributed by atoms with Crippen LogP contribution < -0.4 is 0 Å². The number of hydrogen-bond donors (Lipinski definition) is 0. The van der Waals surface area contributed by atoms with Crippen molar-refractivity contribution in [2.24, 2.45) is 7.05 Å². The van der Waals surface area contributed by atoms with E-state index in [-0.39, 0.29) is 0 Å². The molecule has 0 spiro atoms. The van der Waals surface area contributed by atoms with Crippen molar-refractivity contribution >= 4 is 33.2 Å². The molecule has 0 bridgehead atoms. The van der Waals surface area contributed by atoms with Crippen molar-refractivity contribution in [3.8, 4) is 0 Å². The van der Waals surface area contributed by atoms with Crippen LogP contribution in [0.4, 0.5) is 0 Å². The molecule has 0 amide bonds. The lowest BCUT2D eigenvalue weighted by atomic mass is 10.1. The monoisotopic (exact) mass is 252 g/mol. The Morgan fingerprint density at radius 3 is 3.07 bits per heavy atom. The van der Waals surface area contributed by atoms with Crippen LogP contribution in [-0.2, 0) is 18.3 Å². The van der Waals surface area contributed by atoms with Crippen LogP contribution in [0.15, 0.2) is 22.9 Å². The second-order valence-corrected chi connectivity index (χ2v) is 4.01. The molecule has 72 valence electrons. The van der Waals surface area contributed by atoms with Crippen molar-refractivity contribution in [1.29, 1.82) is 0 Å². The van der Waals surface area contributed by atoms with Gasteiger partial charge in [-0.1, -0.05) is 15.9 Å². The van der Waals surface area contributed by atoms with Crippen molar-refractivity contribution in [1.82, 2.24) is 9.55 Å². The van der Waals surface area contributed by atoms with Crippen LogP contribution in [0.25, 0.3) is 11.0 Å². The highest BCUT2D eigenvalue weighted by Crippen LogP contribution is 2.23. The number of aldehydes is 1.